The second-order valence-corrected chi connectivity index (χ2v) is 3.83. The Hall–Kier alpha value is -2.25. The summed E-state index contributed by atoms with van der Waals surface area (Å²) in [6.07, 6.45) is 0.688. The lowest BCUT2D eigenvalue weighted by atomic mass is 10.2. The number of rotatable bonds is 4. The number of methoxy groups -OCH3 is 1. The van der Waals surface area contributed by atoms with Crippen molar-refractivity contribution < 1.29 is 13.5 Å². The Morgan fingerprint density at radius 1 is 1.26 bits per heavy atom. The minimum Gasteiger partial charge on any atom is -0.494 e. The van der Waals surface area contributed by atoms with E-state index in [4.69, 9.17) is 4.74 Å². The molecule has 0 spiro atoms. The Morgan fingerprint density at radius 3 is 2.63 bits per heavy atom. The molecule has 102 valence electrons. The van der Waals surface area contributed by atoms with Crippen molar-refractivity contribution >= 4 is 0 Å². The van der Waals surface area contributed by atoms with Crippen molar-refractivity contribution in [1.82, 2.24) is 19.8 Å². The fraction of sp³-hybridized carbons (Fsp3) is 0.364. The Bertz CT molecular complexity index is 651. The van der Waals surface area contributed by atoms with E-state index in [0.717, 1.165) is 15.4 Å². The van der Waals surface area contributed by atoms with Crippen LogP contribution in [0.3, 0.4) is 0 Å². The highest BCUT2D eigenvalue weighted by Crippen LogP contribution is 2.22. The molecule has 1 aromatic carbocycles. The summed E-state index contributed by atoms with van der Waals surface area (Å²) >= 11 is 0. The smallest absolute Gasteiger partial charge is 0.368 e. The number of aromatic nitrogens is 4. The molecule has 0 aliphatic rings. The largest absolute Gasteiger partial charge is 0.494 e. The van der Waals surface area contributed by atoms with Gasteiger partial charge in [-0.2, -0.15) is 9.36 Å². The van der Waals surface area contributed by atoms with E-state index in [1.54, 1.807) is 0 Å². The third-order valence-corrected chi connectivity index (χ3v) is 2.52. The molecule has 0 radical (unpaired) electrons. The highest BCUT2D eigenvalue weighted by atomic mass is 19.1. The number of halogens is 2. The van der Waals surface area contributed by atoms with Gasteiger partial charge in [-0.05, 0) is 16.8 Å². The molecule has 1 heterocycles. The number of nitrogens with zero attached hydrogens (tertiary/aromatic N) is 4. The van der Waals surface area contributed by atoms with Crippen LogP contribution in [0.4, 0.5) is 8.78 Å². The predicted octanol–water partition coefficient (Wildman–Crippen LogP) is 1.13. The molecular formula is C11H12F2N4O2. The minimum absolute atomic E-state index is 0.173. The lowest BCUT2D eigenvalue weighted by Gasteiger charge is -2.05. The van der Waals surface area contributed by atoms with Crippen LogP contribution >= 0.6 is 0 Å². The number of ether oxygens (including phenoxy) is 1. The molecule has 2 aromatic rings. The number of benzene rings is 1. The summed E-state index contributed by atoms with van der Waals surface area (Å²) in [5.74, 6) is -1.94. The maximum Gasteiger partial charge on any atom is 0.368 e. The second kappa shape index (κ2) is 5.17. The summed E-state index contributed by atoms with van der Waals surface area (Å²) in [5.41, 5.74) is -0.792. The van der Waals surface area contributed by atoms with Gasteiger partial charge in [0.05, 0.1) is 7.11 Å². The third-order valence-electron chi connectivity index (χ3n) is 2.52. The first kappa shape index (κ1) is 13.2. The van der Waals surface area contributed by atoms with E-state index in [2.05, 4.69) is 10.4 Å². The average molecular weight is 270 g/mol. The molecule has 19 heavy (non-hydrogen) atoms. The van der Waals surface area contributed by atoms with Gasteiger partial charge < -0.3 is 4.74 Å². The van der Waals surface area contributed by atoms with Crippen LogP contribution in [0.1, 0.15) is 13.3 Å². The van der Waals surface area contributed by atoms with Crippen molar-refractivity contribution in [2.75, 3.05) is 7.11 Å². The van der Waals surface area contributed by atoms with Crippen molar-refractivity contribution in [2.45, 2.75) is 19.9 Å². The van der Waals surface area contributed by atoms with Crippen molar-refractivity contribution in [1.29, 1.82) is 0 Å². The number of hydrogen-bond acceptors (Lipinski definition) is 4. The summed E-state index contributed by atoms with van der Waals surface area (Å²) < 4.78 is 33.6. The predicted molar refractivity (Wildman–Crippen MR) is 62.4 cm³/mol. The molecule has 0 aliphatic carbocycles. The molecule has 1 aromatic heterocycles. The zero-order valence-corrected chi connectivity index (χ0v) is 10.4. The van der Waals surface area contributed by atoms with Gasteiger partial charge in [0.15, 0.2) is 17.4 Å². The topological polar surface area (TPSA) is 61.9 Å². The molecule has 0 fully saturated rings. The number of aryl methyl sites for hydroxylation is 1. The molecule has 0 aliphatic heterocycles. The van der Waals surface area contributed by atoms with E-state index in [1.165, 1.54) is 7.11 Å². The molecule has 0 saturated heterocycles. The van der Waals surface area contributed by atoms with E-state index < -0.39 is 17.3 Å². The van der Waals surface area contributed by atoms with Gasteiger partial charge in [0.2, 0.25) is 0 Å². The highest BCUT2D eigenvalue weighted by molar-refractivity contribution is 5.40. The molecule has 8 heteroatoms. The molecular weight excluding hydrogens is 258 g/mol. The van der Waals surface area contributed by atoms with Crippen LogP contribution in [0.25, 0.3) is 5.69 Å². The SMILES string of the molecule is CCCn1nnn(-c2cc(OC)c(F)cc2F)c1=O. The van der Waals surface area contributed by atoms with Crippen LogP contribution in [-0.2, 0) is 6.54 Å². The van der Waals surface area contributed by atoms with Gasteiger partial charge in [-0.3, -0.25) is 0 Å². The molecule has 0 unspecified atom stereocenters. The normalized spacial score (nSPS) is 10.7. The fourth-order valence-electron chi connectivity index (χ4n) is 1.61. The summed E-state index contributed by atoms with van der Waals surface area (Å²) in [5, 5.41) is 7.19. The average Bonchev–Trinajstić information content (AvgIpc) is 2.72. The zero-order chi connectivity index (χ0) is 14.0. The maximum absolute atomic E-state index is 13.7. The van der Waals surface area contributed by atoms with Gasteiger partial charge in [-0.25, -0.2) is 13.6 Å². The molecule has 0 N–H and O–H groups in total. The molecule has 0 bridgehead atoms. The number of tetrazole rings is 1. The lowest BCUT2D eigenvalue weighted by molar-refractivity contribution is 0.383. The van der Waals surface area contributed by atoms with Crippen LogP contribution < -0.4 is 10.4 Å². The van der Waals surface area contributed by atoms with E-state index >= 15 is 0 Å². The second-order valence-electron chi connectivity index (χ2n) is 3.83. The van der Waals surface area contributed by atoms with E-state index in [0.29, 0.717) is 19.0 Å². The van der Waals surface area contributed by atoms with Crippen molar-refractivity contribution in [3.05, 3.63) is 34.3 Å². The Kier molecular flexibility index (Phi) is 3.59. The molecule has 0 atom stereocenters. The van der Waals surface area contributed by atoms with Gasteiger partial charge in [-0.1, -0.05) is 6.92 Å². The van der Waals surface area contributed by atoms with Gasteiger partial charge in [0.25, 0.3) is 0 Å². The van der Waals surface area contributed by atoms with Crippen LogP contribution in [0.15, 0.2) is 16.9 Å². The minimum atomic E-state index is -0.913. The van der Waals surface area contributed by atoms with E-state index in [-0.39, 0.29) is 11.4 Å². The van der Waals surface area contributed by atoms with Crippen LogP contribution in [0.5, 0.6) is 5.75 Å². The first-order chi connectivity index (χ1) is 9.08. The number of hydrogen-bond donors (Lipinski definition) is 0. The van der Waals surface area contributed by atoms with Crippen LogP contribution in [-0.4, -0.2) is 26.9 Å². The Morgan fingerprint density at radius 2 is 2.00 bits per heavy atom. The van der Waals surface area contributed by atoms with Crippen LogP contribution in [0.2, 0.25) is 0 Å². The van der Waals surface area contributed by atoms with Gasteiger partial charge in [0.1, 0.15) is 5.69 Å². The summed E-state index contributed by atoms with van der Waals surface area (Å²) in [6.45, 7) is 2.24. The van der Waals surface area contributed by atoms with E-state index in [1.807, 2.05) is 6.92 Å². The lowest BCUT2D eigenvalue weighted by Crippen LogP contribution is -2.25. The summed E-state index contributed by atoms with van der Waals surface area (Å²) in [6, 6.07) is 1.70. The first-order valence-electron chi connectivity index (χ1n) is 5.64. The molecule has 0 saturated carbocycles. The standard InChI is InChI=1S/C11H12F2N4O2/c1-3-4-16-11(18)17(15-14-16)9-6-10(19-2)8(13)5-7(9)12/h5-6H,3-4H2,1-2H3. The van der Waals surface area contributed by atoms with Crippen molar-refractivity contribution in [3.63, 3.8) is 0 Å². The third kappa shape index (κ3) is 2.33. The van der Waals surface area contributed by atoms with Gasteiger partial charge in [-0.15, -0.1) is 0 Å². The fourth-order valence-corrected chi connectivity index (χ4v) is 1.61. The zero-order valence-electron chi connectivity index (χ0n) is 10.4. The molecule has 0 amide bonds. The van der Waals surface area contributed by atoms with E-state index in [9.17, 15) is 13.6 Å². The van der Waals surface area contributed by atoms with Crippen molar-refractivity contribution in [3.8, 4) is 11.4 Å². The van der Waals surface area contributed by atoms with Crippen molar-refractivity contribution in [2.24, 2.45) is 0 Å². The molecule has 2 rings (SSSR count). The first-order valence-corrected chi connectivity index (χ1v) is 5.64. The summed E-state index contributed by atoms with van der Waals surface area (Å²) in [4.78, 5) is 11.9. The molecule has 6 nitrogen and oxygen atoms in total. The quantitative estimate of drug-likeness (QED) is 0.835. The Labute approximate surface area is 107 Å². The van der Waals surface area contributed by atoms with Crippen LogP contribution in [0, 0.1) is 11.6 Å². The monoisotopic (exact) mass is 270 g/mol. The highest BCUT2D eigenvalue weighted by Gasteiger charge is 2.16. The maximum atomic E-state index is 13.7. The summed E-state index contributed by atoms with van der Waals surface area (Å²) in [7, 11) is 1.25. The van der Waals surface area contributed by atoms with Gasteiger partial charge >= 0.3 is 5.69 Å². The van der Waals surface area contributed by atoms with Gasteiger partial charge in [0, 0.05) is 18.7 Å². The Balaban J connectivity index is 2.56.